The molecule has 0 saturated carbocycles. The van der Waals surface area contributed by atoms with E-state index in [1.54, 1.807) is 36.4 Å². The Morgan fingerprint density at radius 1 is 0.562 bits per heavy atom. The third kappa shape index (κ3) is 5.38. The number of aliphatic hydroxyl groups is 2. The van der Waals surface area contributed by atoms with Gasteiger partial charge in [0.05, 0.1) is 54.9 Å². The van der Waals surface area contributed by atoms with E-state index in [2.05, 4.69) is 0 Å². The van der Waals surface area contributed by atoms with E-state index in [0.717, 1.165) is 0 Å². The molecule has 0 amide bonds. The van der Waals surface area contributed by atoms with E-state index < -0.39 is 12.2 Å². The molecular formula is C24H32O8. The molecular weight excluding hydrogens is 416 g/mol. The Kier molecular flexibility index (Phi) is 9.49. The second kappa shape index (κ2) is 12.1. The highest BCUT2D eigenvalue weighted by atomic mass is 16.5. The van der Waals surface area contributed by atoms with Crippen molar-refractivity contribution in [1.82, 2.24) is 0 Å². The Hall–Kier alpha value is -3.10. The first-order valence-corrected chi connectivity index (χ1v) is 10.1. The summed E-state index contributed by atoms with van der Waals surface area (Å²) in [6, 6.07) is 6.91. The number of ether oxygens (including phenoxy) is 6. The molecule has 2 N–H and O–H groups in total. The molecule has 0 spiro atoms. The van der Waals surface area contributed by atoms with Crippen molar-refractivity contribution < 1.29 is 38.6 Å². The maximum absolute atomic E-state index is 10.7. The zero-order valence-electron chi connectivity index (χ0n) is 19.4. The highest BCUT2D eigenvalue weighted by Gasteiger charge is 2.21. The first-order chi connectivity index (χ1) is 15.5. The molecule has 0 aliphatic carbocycles. The number of hydrogen-bond acceptors (Lipinski definition) is 8. The van der Waals surface area contributed by atoms with Gasteiger partial charge >= 0.3 is 0 Å². The molecule has 0 fully saturated rings. The third-order valence-electron chi connectivity index (χ3n) is 5.07. The SMILES string of the molecule is COc1ccc(C(O)C/C=C/CC(O)c2ccc(OC)c(OC)c2OC)c(OC)c1OC. The van der Waals surface area contributed by atoms with Gasteiger partial charge in [0.1, 0.15) is 0 Å². The first-order valence-electron chi connectivity index (χ1n) is 10.1. The van der Waals surface area contributed by atoms with Crippen LogP contribution in [0.5, 0.6) is 34.5 Å². The van der Waals surface area contributed by atoms with Crippen LogP contribution in [0.25, 0.3) is 0 Å². The summed E-state index contributed by atoms with van der Waals surface area (Å²) in [6.07, 6.45) is 2.60. The predicted octanol–water partition coefficient (Wildman–Crippen LogP) is 3.84. The lowest BCUT2D eigenvalue weighted by Crippen LogP contribution is -2.04. The van der Waals surface area contributed by atoms with Gasteiger partial charge in [-0.25, -0.2) is 0 Å². The summed E-state index contributed by atoms with van der Waals surface area (Å²) in [6.45, 7) is 0. The van der Waals surface area contributed by atoms with E-state index in [1.165, 1.54) is 42.7 Å². The van der Waals surface area contributed by atoms with Gasteiger partial charge in [0.25, 0.3) is 0 Å². The van der Waals surface area contributed by atoms with Crippen LogP contribution >= 0.6 is 0 Å². The maximum atomic E-state index is 10.7. The standard InChI is InChI=1S/C24H32O8/c1-27-19-13-11-15(21(29-3)23(19)31-5)17(25)9-7-8-10-18(26)16-12-14-20(28-2)24(32-6)22(16)30-4/h7-8,11-14,17-18,25-26H,9-10H2,1-6H3/b8-7+. The first kappa shape index (κ1) is 25.2. The minimum atomic E-state index is -0.825. The average Bonchev–Trinajstić information content (AvgIpc) is 2.83. The molecule has 8 heteroatoms. The van der Waals surface area contributed by atoms with Gasteiger partial charge in [-0.3, -0.25) is 0 Å². The highest BCUT2D eigenvalue weighted by molar-refractivity contribution is 5.57. The van der Waals surface area contributed by atoms with Gasteiger partial charge in [-0.2, -0.15) is 0 Å². The summed E-state index contributed by atoms with van der Waals surface area (Å²) in [5.74, 6) is 2.72. The maximum Gasteiger partial charge on any atom is 0.203 e. The number of benzene rings is 2. The van der Waals surface area contributed by atoms with Crippen molar-refractivity contribution in [2.45, 2.75) is 25.0 Å². The molecule has 176 valence electrons. The van der Waals surface area contributed by atoms with Gasteiger partial charge in [0.2, 0.25) is 11.5 Å². The molecule has 32 heavy (non-hydrogen) atoms. The molecule has 2 aromatic rings. The predicted molar refractivity (Wildman–Crippen MR) is 120 cm³/mol. The van der Waals surface area contributed by atoms with Crippen LogP contribution in [0, 0.1) is 0 Å². The van der Waals surface area contributed by atoms with E-state index in [9.17, 15) is 10.2 Å². The van der Waals surface area contributed by atoms with E-state index in [-0.39, 0.29) is 0 Å². The summed E-state index contributed by atoms with van der Waals surface area (Å²) < 4.78 is 32.2. The molecule has 0 aromatic heterocycles. The molecule has 0 radical (unpaired) electrons. The van der Waals surface area contributed by atoms with Crippen molar-refractivity contribution in [3.05, 3.63) is 47.5 Å². The lowest BCUT2D eigenvalue weighted by molar-refractivity contribution is 0.171. The smallest absolute Gasteiger partial charge is 0.203 e. The van der Waals surface area contributed by atoms with Gasteiger partial charge in [-0.05, 0) is 37.1 Å². The Morgan fingerprint density at radius 2 is 0.906 bits per heavy atom. The minimum absolute atomic E-state index is 0.321. The van der Waals surface area contributed by atoms with Gasteiger partial charge < -0.3 is 38.6 Å². The Balaban J connectivity index is 2.12. The molecule has 0 aliphatic rings. The number of aliphatic hydroxyl groups excluding tert-OH is 2. The molecule has 8 nitrogen and oxygen atoms in total. The van der Waals surface area contributed by atoms with Crippen LogP contribution in [0.3, 0.4) is 0 Å². The average molecular weight is 449 g/mol. The van der Waals surface area contributed by atoms with Gasteiger partial charge in [-0.15, -0.1) is 0 Å². The topological polar surface area (TPSA) is 95.8 Å². The molecule has 0 bridgehead atoms. The normalized spacial score (nSPS) is 12.9. The summed E-state index contributed by atoms with van der Waals surface area (Å²) >= 11 is 0. The minimum Gasteiger partial charge on any atom is -0.493 e. The zero-order valence-corrected chi connectivity index (χ0v) is 19.4. The van der Waals surface area contributed by atoms with Crippen LogP contribution in [0.2, 0.25) is 0 Å². The lowest BCUT2D eigenvalue weighted by Gasteiger charge is -2.19. The van der Waals surface area contributed by atoms with Crippen molar-refractivity contribution in [2.75, 3.05) is 42.7 Å². The second-order valence-corrected chi connectivity index (χ2v) is 6.82. The van der Waals surface area contributed by atoms with Crippen LogP contribution < -0.4 is 28.4 Å². The third-order valence-corrected chi connectivity index (χ3v) is 5.07. The van der Waals surface area contributed by atoms with Crippen LogP contribution in [-0.2, 0) is 0 Å². The monoisotopic (exact) mass is 448 g/mol. The lowest BCUT2D eigenvalue weighted by atomic mass is 10.0. The van der Waals surface area contributed by atoms with E-state index >= 15 is 0 Å². The molecule has 2 unspecified atom stereocenters. The summed E-state index contributed by atoms with van der Waals surface area (Å²) in [4.78, 5) is 0. The molecule has 2 rings (SSSR count). The Bertz CT molecular complexity index is 836. The number of methoxy groups -OCH3 is 6. The van der Waals surface area contributed by atoms with E-state index in [1.807, 2.05) is 0 Å². The largest absolute Gasteiger partial charge is 0.493 e. The molecule has 0 saturated heterocycles. The van der Waals surface area contributed by atoms with Gasteiger partial charge in [0.15, 0.2) is 23.0 Å². The van der Waals surface area contributed by atoms with Gasteiger partial charge in [0, 0.05) is 11.1 Å². The van der Waals surface area contributed by atoms with Crippen molar-refractivity contribution in [2.24, 2.45) is 0 Å². The highest BCUT2D eigenvalue weighted by Crippen LogP contribution is 2.44. The van der Waals surface area contributed by atoms with Crippen molar-refractivity contribution in [3.8, 4) is 34.5 Å². The summed E-state index contributed by atoms with van der Waals surface area (Å²) in [7, 11) is 9.12. The van der Waals surface area contributed by atoms with E-state index in [4.69, 9.17) is 28.4 Å². The van der Waals surface area contributed by atoms with Gasteiger partial charge in [-0.1, -0.05) is 12.2 Å². The van der Waals surface area contributed by atoms with Crippen LogP contribution in [0.4, 0.5) is 0 Å². The molecule has 2 atom stereocenters. The molecule has 0 heterocycles. The van der Waals surface area contributed by atoms with Crippen molar-refractivity contribution in [1.29, 1.82) is 0 Å². The van der Waals surface area contributed by atoms with Crippen LogP contribution in [0.15, 0.2) is 36.4 Å². The second-order valence-electron chi connectivity index (χ2n) is 6.82. The van der Waals surface area contributed by atoms with E-state index in [0.29, 0.717) is 58.5 Å². The fraction of sp³-hybridized carbons (Fsp3) is 0.417. The number of hydrogen-bond donors (Lipinski definition) is 2. The quantitative estimate of drug-likeness (QED) is 0.473. The van der Waals surface area contributed by atoms with Crippen LogP contribution in [-0.4, -0.2) is 52.9 Å². The molecule has 2 aromatic carbocycles. The number of rotatable bonds is 12. The summed E-state index contributed by atoms with van der Waals surface area (Å²) in [5.41, 5.74) is 1.16. The summed E-state index contributed by atoms with van der Waals surface area (Å²) in [5, 5.41) is 21.3. The Morgan fingerprint density at radius 3 is 1.19 bits per heavy atom. The fourth-order valence-corrected chi connectivity index (χ4v) is 3.48. The molecule has 0 aliphatic heterocycles. The fourth-order valence-electron chi connectivity index (χ4n) is 3.48. The zero-order chi connectivity index (χ0) is 23.7. The Labute approximate surface area is 188 Å². The van der Waals surface area contributed by atoms with Crippen molar-refractivity contribution in [3.63, 3.8) is 0 Å². The van der Waals surface area contributed by atoms with Crippen LogP contribution in [0.1, 0.15) is 36.2 Å². The van der Waals surface area contributed by atoms with Crippen molar-refractivity contribution >= 4 is 0 Å².